The van der Waals surface area contributed by atoms with E-state index < -0.39 is 0 Å². The van der Waals surface area contributed by atoms with Crippen molar-refractivity contribution in [3.8, 4) is 11.8 Å². The van der Waals surface area contributed by atoms with Crippen molar-refractivity contribution in [3.63, 3.8) is 0 Å². The quantitative estimate of drug-likeness (QED) is 0.806. The number of para-hydroxylation sites is 1. The number of aromatic nitrogens is 2. The van der Waals surface area contributed by atoms with Crippen LogP contribution >= 0.6 is 0 Å². The summed E-state index contributed by atoms with van der Waals surface area (Å²) in [5.74, 6) is -0.184. The van der Waals surface area contributed by atoms with E-state index in [1.807, 2.05) is 31.2 Å². The third-order valence-electron chi connectivity index (χ3n) is 3.42. The van der Waals surface area contributed by atoms with E-state index in [0.29, 0.717) is 23.4 Å². The molecule has 3 aromatic rings. The molecule has 0 spiro atoms. The summed E-state index contributed by atoms with van der Waals surface area (Å²) < 4.78 is 1.72. The number of hydrogen-bond donors (Lipinski definition) is 1. The maximum absolute atomic E-state index is 11.9. The summed E-state index contributed by atoms with van der Waals surface area (Å²) in [4.78, 5) is 11.9. The molecule has 1 amide bonds. The first-order chi connectivity index (χ1) is 10.7. The summed E-state index contributed by atoms with van der Waals surface area (Å²) in [6.45, 7) is 2.40. The summed E-state index contributed by atoms with van der Waals surface area (Å²) in [5.41, 5.74) is 2.47. The van der Waals surface area contributed by atoms with E-state index in [4.69, 9.17) is 0 Å². The molecule has 0 saturated carbocycles. The van der Waals surface area contributed by atoms with Crippen LogP contribution in [0.5, 0.6) is 0 Å². The van der Waals surface area contributed by atoms with Gasteiger partial charge in [-0.15, -0.1) is 0 Å². The summed E-state index contributed by atoms with van der Waals surface area (Å²) in [6, 6.07) is 15.0. The molecule has 0 aliphatic carbocycles. The van der Waals surface area contributed by atoms with Crippen LogP contribution in [-0.2, 0) is 0 Å². The molecular weight excluding hydrogens is 276 g/mol. The van der Waals surface area contributed by atoms with E-state index in [0.717, 1.165) is 10.9 Å². The van der Waals surface area contributed by atoms with Gasteiger partial charge in [-0.2, -0.15) is 10.4 Å². The first-order valence-corrected chi connectivity index (χ1v) is 7.00. The van der Waals surface area contributed by atoms with E-state index in [1.165, 1.54) is 0 Å². The van der Waals surface area contributed by atoms with Crippen molar-refractivity contribution in [2.24, 2.45) is 0 Å². The van der Waals surface area contributed by atoms with Crippen LogP contribution in [0.4, 0.5) is 0 Å². The first-order valence-electron chi connectivity index (χ1n) is 7.00. The molecule has 0 saturated heterocycles. The molecule has 1 heterocycles. The minimum atomic E-state index is -0.184. The van der Waals surface area contributed by atoms with Crippen LogP contribution in [-0.4, -0.2) is 22.2 Å². The molecule has 22 heavy (non-hydrogen) atoms. The molecule has 0 atom stereocenters. The van der Waals surface area contributed by atoms with Gasteiger partial charge in [0, 0.05) is 17.5 Å². The van der Waals surface area contributed by atoms with Crippen LogP contribution in [0.1, 0.15) is 22.8 Å². The van der Waals surface area contributed by atoms with Gasteiger partial charge < -0.3 is 5.32 Å². The van der Waals surface area contributed by atoms with Crippen molar-refractivity contribution in [1.29, 1.82) is 5.26 Å². The van der Waals surface area contributed by atoms with Crippen LogP contribution < -0.4 is 5.32 Å². The van der Waals surface area contributed by atoms with Gasteiger partial charge in [-0.1, -0.05) is 18.2 Å². The Kier molecular flexibility index (Phi) is 3.58. The van der Waals surface area contributed by atoms with Crippen molar-refractivity contribution in [3.05, 3.63) is 59.8 Å². The van der Waals surface area contributed by atoms with Crippen molar-refractivity contribution in [2.75, 3.05) is 6.54 Å². The predicted octanol–water partition coefficient (Wildman–Crippen LogP) is 2.65. The van der Waals surface area contributed by atoms with Crippen LogP contribution in [0, 0.1) is 11.3 Å². The van der Waals surface area contributed by atoms with Crippen molar-refractivity contribution in [1.82, 2.24) is 15.1 Å². The minimum Gasteiger partial charge on any atom is -0.352 e. The number of carbonyl (C=O) groups excluding carboxylic acids is 1. The fourth-order valence-electron chi connectivity index (χ4n) is 2.38. The van der Waals surface area contributed by atoms with Crippen LogP contribution in [0.25, 0.3) is 16.6 Å². The summed E-state index contributed by atoms with van der Waals surface area (Å²) in [7, 11) is 0. The molecule has 5 heteroatoms. The molecule has 5 nitrogen and oxygen atoms in total. The Balaban J connectivity index is 2.12. The van der Waals surface area contributed by atoms with Gasteiger partial charge in [0.25, 0.3) is 5.91 Å². The van der Waals surface area contributed by atoms with Crippen molar-refractivity contribution >= 4 is 16.8 Å². The number of nitrogens with zero attached hydrogens (tertiary/aromatic N) is 3. The fourth-order valence-corrected chi connectivity index (χ4v) is 2.38. The zero-order valence-electron chi connectivity index (χ0n) is 12.1. The molecule has 0 aliphatic rings. The molecule has 108 valence electrons. The van der Waals surface area contributed by atoms with E-state index in [1.54, 1.807) is 29.1 Å². The van der Waals surface area contributed by atoms with Gasteiger partial charge in [-0.3, -0.25) is 4.79 Å². The SMILES string of the molecule is CCNC(=O)c1ccc(-n2ncc3ccccc32)c(C#N)c1. The Morgan fingerprint density at radius 1 is 1.32 bits per heavy atom. The van der Waals surface area contributed by atoms with Gasteiger partial charge in [-0.25, -0.2) is 4.68 Å². The second-order valence-corrected chi connectivity index (χ2v) is 4.82. The standard InChI is InChI=1S/C17H14N4O/c1-2-19-17(22)12-7-8-16(14(9-12)10-18)21-15-6-4-3-5-13(15)11-20-21/h3-9,11H,2H2,1H3,(H,19,22). The Bertz CT molecular complexity index is 889. The van der Waals surface area contributed by atoms with E-state index >= 15 is 0 Å². The highest BCUT2D eigenvalue weighted by molar-refractivity contribution is 5.95. The molecule has 0 radical (unpaired) electrons. The maximum atomic E-state index is 11.9. The van der Waals surface area contributed by atoms with Gasteiger partial charge in [0.2, 0.25) is 0 Å². The largest absolute Gasteiger partial charge is 0.352 e. The number of benzene rings is 2. The maximum Gasteiger partial charge on any atom is 0.251 e. The molecule has 1 aromatic heterocycles. The monoisotopic (exact) mass is 290 g/mol. The topological polar surface area (TPSA) is 70.7 Å². The number of carbonyl (C=O) groups is 1. The average Bonchev–Trinajstić information content (AvgIpc) is 2.98. The normalized spacial score (nSPS) is 10.4. The van der Waals surface area contributed by atoms with Crippen LogP contribution in [0.15, 0.2) is 48.7 Å². The number of nitrogens with one attached hydrogen (secondary N) is 1. The van der Waals surface area contributed by atoms with E-state index in [9.17, 15) is 10.1 Å². The van der Waals surface area contributed by atoms with Gasteiger partial charge >= 0.3 is 0 Å². The molecular formula is C17H14N4O. The Hall–Kier alpha value is -3.13. The van der Waals surface area contributed by atoms with Gasteiger partial charge in [0.15, 0.2) is 0 Å². The molecule has 0 bridgehead atoms. The molecule has 0 fully saturated rings. The first kappa shape index (κ1) is 13.8. The van der Waals surface area contributed by atoms with Crippen LogP contribution in [0.2, 0.25) is 0 Å². The lowest BCUT2D eigenvalue weighted by molar-refractivity contribution is 0.0956. The number of hydrogen-bond acceptors (Lipinski definition) is 3. The highest BCUT2D eigenvalue weighted by atomic mass is 16.1. The number of rotatable bonds is 3. The fraction of sp³-hybridized carbons (Fsp3) is 0.118. The smallest absolute Gasteiger partial charge is 0.251 e. The Morgan fingerprint density at radius 2 is 2.14 bits per heavy atom. The second-order valence-electron chi connectivity index (χ2n) is 4.82. The lowest BCUT2D eigenvalue weighted by Crippen LogP contribution is -2.22. The van der Waals surface area contributed by atoms with Crippen molar-refractivity contribution < 1.29 is 4.79 Å². The Labute approximate surface area is 127 Å². The summed E-state index contributed by atoms with van der Waals surface area (Å²) >= 11 is 0. The van der Waals surface area contributed by atoms with Crippen molar-refractivity contribution in [2.45, 2.75) is 6.92 Å². The molecule has 3 rings (SSSR count). The average molecular weight is 290 g/mol. The van der Waals surface area contributed by atoms with Gasteiger partial charge in [0.05, 0.1) is 23.0 Å². The molecule has 1 N–H and O–H groups in total. The highest BCUT2D eigenvalue weighted by Crippen LogP contribution is 2.21. The van der Waals surface area contributed by atoms with Gasteiger partial charge in [0.1, 0.15) is 6.07 Å². The zero-order chi connectivity index (χ0) is 15.5. The third kappa shape index (κ3) is 2.31. The lowest BCUT2D eigenvalue weighted by atomic mass is 10.1. The lowest BCUT2D eigenvalue weighted by Gasteiger charge is -2.08. The van der Waals surface area contributed by atoms with Crippen LogP contribution in [0.3, 0.4) is 0 Å². The Morgan fingerprint density at radius 3 is 2.91 bits per heavy atom. The third-order valence-corrected chi connectivity index (χ3v) is 3.42. The minimum absolute atomic E-state index is 0.184. The number of fused-ring (bicyclic) bond motifs is 1. The number of nitriles is 1. The zero-order valence-corrected chi connectivity index (χ0v) is 12.1. The van der Waals surface area contributed by atoms with E-state index in [2.05, 4.69) is 16.5 Å². The summed E-state index contributed by atoms with van der Waals surface area (Å²) in [6.07, 6.45) is 1.76. The predicted molar refractivity (Wildman–Crippen MR) is 83.8 cm³/mol. The summed E-state index contributed by atoms with van der Waals surface area (Å²) in [5, 5.41) is 17.5. The molecule has 0 aliphatic heterocycles. The van der Waals surface area contributed by atoms with E-state index in [-0.39, 0.29) is 5.91 Å². The second kappa shape index (κ2) is 5.70. The molecule has 0 unspecified atom stereocenters. The highest BCUT2D eigenvalue weighted by Gasteiger charge is 2.12. The number of amides is 1. The molecule has 2 aromatic carbocycles. The van der Waals surface area contributed by atoms with Gasteiger partial charge in [-0.05, 0) is 31.2 Å².